The monoisotopic (exact) mass is 317 g/mol. The van der Waals surface area contributed by atoms with Crippen LogP contribution < -0.4 is 0 Å². The molecule has 0 radical (unpaired) electrons. The second kappa shape index (κ2) is 5.87. The molecule has 0 atom stereocenters. The van der Waals surface area contributed by atoms with Crippen molar-refractivity contribution in [2.24, 2.45) is 0 Å². The quantitative estimate of drug-likeness (QED) is 0.720. The number of aryl methyl sites for hydroxylation is 1. The minimum atomic E-state index is -4.32. The Kier molecular flexibility index (Phi) is 3.90. The third kappa shape index (κ3) is 3.41. The highest BCUT2D eigenvalue weighted by molar-refractivity contribution is 5.55. The van der Waals surface area contributed by atoms with E-state index in [4.69, 9.17) is 0 Å². The Labute approximate surface area is 131 Å². The molecule has 0 saturated heterocycles. The van der Waals surface area contributed by atoms with E-state index in [1.165, 1.54) is 12.1 Å². The van der Waals surface area contributed by atoms with Crippen LogP contribution in [0, 0.1) is 6.92 Å². The van der Waals surface area contributed by atoms with Crippen molar-refractivity contribution < 1.29 is 13.2 Å². The van der Waals surface area contributed by atoms with Gasteiger partial charge in [-0.1, -0.05) is 42.5 Å². The maximum atomic E-state index is 12.6. The Morgan fingerprint density at radius 2 is 1.61 bits per heavy atom. The molecule has 0 fully saturated rings. The highest BCUT2D eigenvalue weighted by Crippen LogP contribution is 2.29. The molecule has 0 aliphatic rings. The van der Waals surface area contributed by atoms with Gasteiger partial charge in [0.15, 0.2) is 5.82 Å². The third-order valence-corrected chi connectivity index (χ3v) is 3.42. The van der Waals surface area contributed by atoms with Gasteiger partial charge in [-0.2, -0.15) is 18.3 Å². The van der Waals surface area contributed by atoms with Crippen molar-refractivity contribution in [3.05, 3.63) is 71.5 Å². The lowest BCUT2D eigenvalue weighted by Gasteiger charge is -2.09. The number of aromatic nitrogens is 3. The molecular formula is C17H14F3N3. The van der Waals surface area contributed by atoms with Crippen LogP contribution >= 0.6 is 0 Å². The molecule has 3 nitrogen and oxygen atoms in total. The van der Waals surface area contributed by atoms with E-state index < -0.39 is 11.7 Å². The van der Waals surface area contributed by atoms with Gasteiger partial charge < -0.3 is 0 Å². The van der Waals surface area contributed by atoms with Crippen molar-refractivity contribution in [1.29, 1.82) is 0 Å². The Morgan fingerprint density at radius 3 is 2.22 bits per heavy atom. The summed E-state index contributed by atoms with van der Waals surface area (Å²) < 4.78 is 39.5. The summed E-state index contributed by atoms with van der Waals surface area (Å²) in [5.41, 5.74) is 0.999. The van der Waals surface area contributed by atoms with Gasteiger partial charge in [-0.3, -0.25) is 0 Å². The van der Waals surface area contributed by atoms with Crippen LogP contribution in [0.4, 0.5) is 13.2 Å². The first kappa shape index (κ1) is 15.3. The fourth-order valence-electron chi connectivity index (χ4n) is 2.34. The van der Waals surface area contributed by atoms with E-state index in [0.29, 0.717) is 18.2 Å². The maximum Gasteiger partial charge on any atom is 0.416 e. The summed E-state index contributed by atoms with van der Waals surface area (Å²) in [5.74, 6) is 1.32. The van der Waals surface area contributed by atoms with Crippen LogP contribution in [-0.2, 0) is 12.7 Å². The number of benzene rings is 2. The maximum absolute atomic E-state index is 12.6. The number of hydrogen-bond donors (Lipinski definition) is 0. The number of alkyl halides is 3. The van der Waals surface area contributed by atoms with Crippen molar-refractivity contribution >= 4 is 0 Å². The van der Waals surface area contributed by atoms with Gasteiger partial charge >= 0.3 is 6.18 Å². The van der Waals surface area contributed by atoms with Gasteiger partial charge in [0.2, 0.25) is 0 Å². The van der Waals surface area contributed by atoms with E-state index in [1.807, 2.05) is 30.3 Å². The predicted molar refractivity (Wildman–Crippen MR) is 80.7 cm³/mol. The van der Waals surface area contributed by atoms with Crippen LogP contribution in [0.3, 0.4) is 0 Å². The van der Waals surface area contributed by atoms with Crippen LogP contribution in [-0.4, -0.2) is 14.8 Å². The molecule has 23 heavy (non-hydrogen) atoms. The Balaban J connectivity index is 1.89. The van der Waals surface area contributed by atoms with E-state index >= 15 is 0 Å². The number of halogens is 3. The highest BCUT2D eigenvalue weighted by atomic mass is 19.4. The van der Waals surface area contributed by atoms with E-state index in [-0.39, 0.29) is 0 Å². The number of nitrogens with zero attached hydrogens (tertiary/aromatic N) is 3. The second-order valence-corrected chi connectivity index (χ2v) is 5.20. The predicted octanol–water partition coefficient (Wildman–Crippen LogP) is 4.32. The number of hydrogen-bond acceptors (Lipinski definition) is 2. The second-order valence-electron chi connectivity index (χ2n) is 5.20. The standard InChI is InChI=1S/C17H14F3N3/c1-12-21-16(14-5-3-2-4-6-14)23(22-12)11-13-7-9-15(10-8-13)17(18,19)20/h2-10H,11H2,1H3. The van der Waals surface area contributed by atoms with Crippen molar-refractivity contribution in [3.8, 4) is 11.4 Å². The molecular weight excluding hydrogens is 303 g/mol. The van der Waals surface area contributed by atoms with Gasteiger partial charge in [0.05, 0.1) is 12.1 Å². The van der Waals surface area contributed by atoms with Crippen LogP contribution in [0.15, 0.2) is 54.6 Å². The third-order valence-electron chi connectivity index (χ3n) is 3.42. The first-order valence-electron chi connectivity index (χ1n) is 7.06. The Bertz CT molecular complexity index is 790. The lowest BCUT2D eigenvalue weighted by Crippen LogP contribution is -2.07. The first-order chi connectivity index (χ1) is 10.9. The zero-order valence-electron chi connectivity index (χ0n) is 12.4. The summed E-state index contributed by atoms with van der Waals surface area (Å²) in [6.07, 6.45) is -4.32. The van der Waals surface area contributed by atoms with Crippen LogP contribution in [0.25, 0.3) is 11.4 Å². The van der Waals surface area contributed by atoms with E-state index in [1.54, 1.807) is 11.6 Å². The summed E-state index contributed by atoms with van der Waals surface area (Å²) in [4.78, 5) is 4.41. The molecule has 0 aliphatic heterocycles. The van der Waals surface area contributed by atoms with Gasteiger partial charge in [0, 0.05) is 5.56 Å². The van der Waals surface area contributed by atoms with Crippen molar-refractivity contribution in [2.75, 3.05) is 0 Å². The Hall–Kier alpha value is -2.63. The fraction of sp³-hybridized carbons (Fsp3) is 0.176. The molecule has 3 rings (SSSR count). The van der Waals surface area contributed by atoms with Gasteiger partial charge in [-0.15, -0.1) is 0 Å². The van der Waals surface area contributed by atoms with E-state index in [9.17, 15) is 13.2 Å². The summed E-state index contributed by atoms with van der Waals surface area (Å²) in [6, 6.07) is 14.7. The minimum absolute atomic E-state index is 0.364. The molecule has 118 valence electrons. The molecule has 2 aromatic carbocycles. The summed E-state index contributed by atoms with van der Waals surface area (Å²) >= 11 is 0. The molecule has 1 heterocycles. The highest BCUT2D eigenvalue weighted by Gasteiger charge is 2.29. The first-order valence-corrected chi connectivity index (χ1v) is 7.06. The summed E-state index contributed by atoms with van der Waals surface area (Å²) in [6.45, 7) is 2.15. The molecule has 3 aromatic rings. The smallest absolute Gasteiger partial charge is 0.241 e. The minimum Gasteiger partial charge on any atom is -0.241 e. The normalized spacial score (nSPS) is 11.7. The van der Waals surface area contributed by atoms with E-state index in [0.717, 1.165) is 23.3 Å². The average molecular weight is 317 g/mol. The van der Waals surface area contributed by atoms with Crippen molar-refractivity contribution in [1.82, 2.24) is 14.8 Å². The SMILES string of the molecule is Cc1nc(-c2ccccc2)n(Cc2ccc(C(F)(F)F)cc2)n1. The van der Waals surface area contributed by atoms with Crippen molar-refractivity contribution in [3.63, 3.8) is 0 Å². The summed E-state index contributed by atoms with van der Waals surface area (Å²) in [7, 11) is 0. The van der Waals surface area contributed by atoms with Gasteiger partial charge in [0.25, 0.3) is 0 Å². The van der Waals surface area contributed by atoms with E-state index in [2.05, 4.69) is 10.1 Å². The fourth-order valence-corrected chi connectivity index (χ4v) is 2.34. The van der Waals surface area contributed by atoms with Gasteiger partial charge in [-0.05, 0) is 24.6 Å². The molecule has 0 saturated carbocycles. The zero-order chi connectivity index (χ0) is 16.4. The molecule has 0 spiro atoms. The van der Waals surface area contributed by atoms with Crippen molar-refractivity contribution in [2.45, 2.75) is 19.6 Å². The van der Waals surface area contributed by atoms with Crippen LogP contribution in [0.5, 0.6) is 0 Å². The topological polar surface area (TPSA) is 30.7 Å². The summed E-state index contributed by atoms with van der Waals surface area (Å²) in [5, 5.41) is 4.34. The average Bonchev–Trinajstić information content (AvgIpc) is 2.88. The molecule has 0 unspecified atom stereocenters. The molecule has 1 aromatic heterocycles. The lowest BCUT2D eigenvalue weighted by molar-refractivity contribution is -0.137. The molecule has 0 aliphatic carbocycles. The largest absolute Gasteiger partial charge is 0.416 e. The molecule has 0 bridgehead atoms. The Morgan fingerprint density at radius 1 is 0.957 bits per heavy atom. The van der Waals surface area contributed by atoms with Crippen LogP contribution in [0.2, 0.25) is 0 Å². The van der Waals surface area contributed by atoms with Gasteiger partial charge in [-0.25, -0.2) is 9.67 Å². The molecule has 0 N–H and O–H groups in total. The molecule has 0 amide bonds. The zero-order valence-corrected chi connectivity index (χ0v) is 12.4. The number of rotatable bonds is 3. The molecule has 6 heteroatoms. The lowest BCUT2D eigenvalue weighted by atomic mass is 10.1. The van der Waals surface area contributed by atoms with Crippen LogP contribution in [0.1, 0.15) is 17.0 Å². The van der Waals surface area contributed by atoms with Gasteiger partial charge in [0.1, 0.15) is 5.82 Å².